The van der Waals surface area contributed by atoms with Crippen LogP contribution >= 0.6 is 0 Å². The summed E-state index contributed by atoms with van der Waals surface area (Å²) in [6, 6.07) is 14.2. The zero-order valence-electron chi connectivity index (χ0n) is 14.6. The molecule has 7 heteroatoms. The van der Waals surface area contributed by atoms with Crippen LogP contribution in [0.3, 0.4) is 0 Å². The topological polar surface area (TPSA) is 86.5 Å². The molecule has 1 amide bonds. The van der Waals surface area contributed by atoms with Gasteiger partial charge in [-0.3, -0.25) is 4.79 Å². The Morgan fingerprint density at radius 2 is 1.92 bits per heavy atom. The maximum absolute atomic E-state index is 12.4. The van der Waals surface area contributed by atoms with E-state index >= 15 is 0 Å². The van der Waals surface area contributed by atoms with Crippen LogP contribution in [0.25, 0.3) is 11.3 Å². The summed E-state index contributed by atoms with van der Waals surface area (Å²) in [6.07, 6.45) is 0.940. The molecule has 0 aliphatic carbocycles. The van der Waals surface area contributed by atoms with E-state index in [0.29, 0.717) is 23.6 Å². The Morgan fingerprint density at radius 1 is 1.12 bits per heavy atom. The van der Waals surface area contributed by atoms with Gasteiger partial charge in [-0.25, -0.2) is 4.63 Å². The van der Waals surface area contributed by atoms with Gasteiger partial charge in [-0.05, 0) is 59.2 Å². The summed E-state index contributed by atoms with van der Waals surface area (Å²) in [7, 11) is 1.55. The number of aromatic nitrogens is 2. The van der Waals surface area contributed by atoms with Crippen molar-refractivity contribution in [2.24, 2.45) is 0 Å². The lowest BCUT2D eigenvalue weighted by atomic mass is 10.1. The zero-order chi connectivity index (χ0) is 18.4. The second-order valence-corrected chi connectivity index (χ2v) is 5.52. The highest BCUT2D eigenvalue weighted by Crippen LogP contribution is 2.27. The number of ether oxygens (including phenoxy) is 2. The largest absolute Gasteiger partial charge is 0.497 e. The Balaban J connectivity index is 1.76. The monoisotopic (exact) mass is 353 g/mol. The minimum Gasteiger partial charge on any atom is -0.497 e. The summed E-state index contributed by atoms with van der Waals surface area (Å²) < 4.78 is 15.5. The van der Waals surface area contributed by atoms with Gasteiger partial charge in [-0.1, -0.05) is 13.0 Å². The average Bonchev–Trinajstić information content (AvgIpc) is 3.14. The molecule has 0 saturated carbocycles. The molecule has 0 aliphatic heterocycles. The minimum atomic E-state index is -0.330. The fraction of sp³-hybridized carbons (Fsp3) is 0.211. The molecule has 0 saturated heterocycles. The number of methoxy groups -OCH3 is 1. The summed E-state index contributed by atoms with van der Waals surface area (Å²) in [5.74, 6) is 1.29. The van der Waals surface area contributed by atoms with E-state index in [1.807, 2.05) is 31.2 Å². The maximum Gasteiger partial charge on any atom is 0.257 e. The summed E-state index contributed by atoms with van der Waals surface area (Å²) in [6.45, 7) is 2.71. The molecule has 0 unspecified atom stereocenters. The van der Waals surface area contributed by atoms with Gasteiger partial charge in [0.25, 0.3) is 5.91 Å². The summed E-state index contributed by atoms with van der Waals surface area (Å²) in [4.78, 5) is 12.4. The average molecular weight is 353 g/mol. The van der Waals surface area contributed by atoms with E-state index in [0.717, 1.165) is 17.7 Å². The Bertz CT molecular complexity index is 875. The molecular weight excluding hydrogens is 334 g/mol. The minimum absolute atomic E-state index is 0.250. The molecule has 3 aromatic rings. The fourth-order valence-corrected chi connectivity index (χ4v) is 2.33. The van der Waals surface area contributed by atoms with Crippen molar-refractivity contribution in [2.45, 2.75) is 13.3 Å². The molecule has 1 N–H and O–H groups in total. The number of amides is 1. The van der Waals surface area contributed by atoms with E-state index in [4.69, 9.17) is 14.1 Å². The lowest BCUT2D eigenvalue weighted by Gasteiger charge is -2.06. The molecular formula is C19H19N3O4. The van der Waals surface area contributed by atoms with Gasteiger partial charge in [0.1, 0.15) is 11.5 Å². The van der Waals surface area contributed by atoms with Crippen molar-refractivity contribution in [3.63, 3.8) is 0 Å². The number of nitrogens with zero attached hydrogens (tertiary/aromatic N) is 2. The highest BCUT2D eigenvalue weighted by molar-refractivity contribution is 6.05. The van der Waals surface area contributed by atoms with E-state index in [9.17, 15) is 4.79 Å². The summed E-state index contributed by atoms with van der Waals surface area (Å²) >= 11 is 0. The van der Waals surface area contributed by atoms with Gasteiger partial charge >= 0.3 is 0 Å². The molecule has 134 valence electrons. The van der Waals surface area contributed by atoms with Crippen molar-refractivity contribution in [1.82, 2.24) is 10.3 Å². The quantitative estimate of drug-likeness (QED) is 0.695. The lowest BCUT2D eigenvalue weighted by Crippen LogP contribution is -2.12. The molecule has 0 radical (unpaired) electrons. The van der Waals surface area contributed by atoms with Gasteiger partial charge in [0.05, 0.1) is 13.7 Å². The van der Waals surface area contributed by atoms with Crippen LogP contribution in [0.2, 0.25) is 0 Å². The van der Waals surface area contributed by atoms with Crippen LogP contribution in [0.5, 0.6) is 11.5 Å². The highest BCUT2D eigenvalue weighted by Gasteiger charge is 2.16. The molecule has 3 rings (SSSR count). The van der Waals surface area contributed by atoms with Crippen molar-refractivity contribution < 1.29 is 18.9 Å². The predicted molar refractivity (Wildman–Crippen MR) is 96.5 cm³/mol. The van der Waals surface area contributed by atoms with Crippen LogP contribution in [0, 0.1) is 0 Å². The van der Waals surface area contributed by atoms with Crippen molar-refractivity contribution >= 4 is 11.7 Å². The van der Waals surface area contributed by atoms with E-state index < -0.39 is 0 Å². The van der Waals surface area contributed by atoms with Crippen molar-refractivity contribution in [2.75, 3.05) is 19.0 Å². The number of hydrogen-bond donors (Lipinski definition) is 1. The molecule has 0 fully saturated rings. The molecule has 0 spiro atoms. The third-order valence-electron chi connectivity index (χ3n) is 3.65. The Labute approximate surface area is 150 Å². The third kappa shape index (κ3) is 4.00. The van der Waals surface area contributed by atoms with E-state index in [1.54, 1.807) is 31.4 Å². The van der Waals surface area contributed by atoms with Gasteiger partial charge in [-0.15, -0.1) is 0 Å². The second-order valence-electron chi connectivity index (χ2n) is 5.52. The SMILES string of the molecule is CCCOc1ccc(-c2nonc2NC(=O)c2cccc(OC)c2)cc1. The van der Waals surface area contributed by atoms with Gasteiger partial charge < -0.3 is 14.8 Å². The Morgan fingerprint density at radius 3 is 2.65 bits per heavy atom. The van der Waals surface area contributed by atoms with Crippen LogP contribution < -0.4 is 14.8 Å². The van der Waals surface area contributed by atoms with Gasteiger partial charge in [-0.2, -0.15) is 0 Å². The zero-order valence-corrected chi connectivity index (χ0v) is 14.6. The first kappa shape index (κ1) is 17.5. The van der Waals surface area contributed by atoms with E-state index in [-0.39, 0.29) is 11.7 Å². The summed E-state index contributed by atoms with van der Waals surface area (Å²) in [5, 5.41) is 10.4. The summed E-state index contributed by atoms with van der Waals surface area (Å²) in [5.41, 5.74) is 1.65. The van der Waals surface area contributed by atoms with Crippen LogP contribution in [-0.2, 0) is 0 Å². The van der Waals surface area contributed by atoms with Crippen LogP contribution in [0.1, 0.15) is 23.7 Å². The first-order chi connectivity index (χ1) is 12.7. The smallest absolute Gasteiger partial charge is 0.257 e. The fourth-order valence-electron chi connectivity index (χ4n) is 2.33. The van der Waals surface area contributed by atoms with Gasteiger partial charge in [0.2, 0.25) is 5.82 Å². The number of carbonyl (C=O) groups excluding carboxylic acids is 1. The number of anilines is 1. The molecule has 1 aromatic heterocycles. The van der Waals surface area contributed by atoms with Gasteiger partial charge in [0.15, 0.2) is 5.69 Å². The Kier molecular flexibility index (Phi) is 5.48. The molecule has 0 bridgehead atoms. The third-order valence-corrected chi connectivity index (χ3v) is 3.65. The standard InChI is InChI=1S/C19H19N3O4/c1-3-11-25-15-9-7-13(8-10-15)17-18(22-26-21-17)20-19(23)14-5-4-6-16(12-14)24-2/h4-10,12H,3,11H2,1-2H3,(H,20,22,23). The van der Waals surface area contributed by atoms with Crippen molar-refractivity contribution in [1.29, 1.82) is 0 Å². The molecule has 0 aliphatic rings. The normalized spacial score (nSPS) is 10.4. The number of nitrogens with one attached hydrogen (secondary N) is 1. The highest BCUT2D eigenvalue weighted by atomic mass is 16.6. The van der Waals surface area contributed by atoms with Crippen molar-refractivity contribution in [3.05, 3.63) is 54.1 Å². The lowest BCUT2D eigenvalue weighted by molar-refractivity contribution is 0.102. The van der Waals surface area contributed by atoms with Crippen LogP contribution in [0.15, 0.2) is 53.2 Å². The first-order valence-electron chi connectivity index (χ1n) is 8.22. The van der Waals surface area contributed by atoms with Crippen molar-refractivity contribution in [3.8, 4) is 22.8 Å². The van der Waals surface area contributed by atoms with Gasteiger partial charge in [0, 0.05) is 11.1 Å². The molecule has 26 heavy (non-hydrogen) atoms. The van der Waals surface area contributed by atoms with E-state index in [2.05, 4.69) is 15.6 Å². The molecule has 1 heterocycles. The second kappa shape index (κ2) is 8.15. The van der Waals surface area contributed by atoms with Crippen LogP contribution in [-0.4, -0.2) is 29.9 Å². The molecule has 0 atom stereocenters. The number of hydrogen-bond acceptors (Lipinski definition) is 6. The van der Waals surface area contributed by atoms with Crippen LogP contribution in [0.4, 0.5) is 5.82 Å². The number of carbonyl (C=O) groups is 1. The maximum atomic E-state index is 12.4. The first-order valence-corrected chi connectivity index (χ1v) is 8.22. The number of benzene rings is 2. The molecule has 7 nitrogen and oxygen atoms in total. The predicted octanol–water partition coefficient (Wildman–Crippen LogP) is 3.79. The molecule has 2 aromatic carbocycles. The number of rotatable bonds is 7. The van der Waals surface area contributed by atoms with E-state index in [1.165, 1.54) is 0 Å². The Hall–Kier alpha value is -3.35.